The molecule has 1 amide bonds. The quantitative estimate of drug-likeness (QED) is 0.667. The predicted molar refractivity (Wildman–Crippen MR) is 125 cm³/mol. The van der Waals surface area contributed by atoms with Crippen LogP contribution in [0, 0.1) is 5.41 Å². The summed E-state index contributed by atoms with van der Waals surface area (Å²) in [5.74, 6) is 1.13. The molecular weight excluding hydrogens is 400 g/mol. The molecule has 2 aliphatic heterocycles. The van der Waals surface area contributed by atoms with Crippen molar-refractivity contribution in [2.45, 2.75) is 51.1 Å². The van der Waals surface area contributed by atoms with Gasteiger partial charge in [-0.1, -0.05) is 30.3 Å². The van der Waals surface area contributed by atoms with Gasteiger partial charge in [0.25, 0.3) is 0 Å². The zero-order valence-electron chi connectivity index (χ0n) is 18.8. The molecule has 32 heavy (non-hydrogen) atoms. The predicted octanol–water partition coefficient (Wildman–Crippen LogP) is 4.46. The van der Waals surface area contributed by atoms with Crippen LogP contribution in [0.1, 0.15) is 49.2 Å². The molecule has 3 aromatic rings. The molecule has 0 radical (unpaired) electrons. The first-order valence-electron chi connectivity index (χ1n) is 11.7. The van der Waals surface area contributed by atoms with E-state index in [1.165, 1.54) is 36.6 Å². The number of hydrogen-bond donors (Lipinski definition) is 1. The summed E-state index contributed by atoms with van der Waals surface area (Å²) >= 11 is 0. The Hall–Kier alpha value is -2.86. The number of aryl methyl sites for hydroxylation is 1. The monoisotopic (exact) mass is 430 g/mol. The van der Waals surface area contributed by atoms with Crippen molar-refractivity contribution in [1.29, 1.82) is 0 Å². The lowest BCUT2D eigenvalue weighted by molar-refractivity contribution is 0.00822. The number of anilines is 1. The standard InChI is InChI=1S/C26H30N4O2/c1-17-8-9-20-21(29(17)25(31)32-2)10-11-22-24(20)28-23(12-18-6-4-3-5-7-18)30(22)19-13-26(14-19)15-27-16-26/h3-7,10-11,17,19,27H,8-9,12-16H2,1-2H3/t17-/m0/s1. The van der Waals surface area contributed by atoms with E-state index in [1.54, 1.807) is 4.90 Å². The average Bonchev–Trinajstić information content (AvgIpc) is 3.10. The second-order valence-electron chi connectivity index (χ2n) is 9.88. The number of nitrogens with zero attached hydrogens (tertiary/aromatic N) is 3. The second-order valence-corrected chi connectivity index (χ2v) is 9.88. The summed E-state index contributed by atoms with van der Waals surface area (Å²) in [6.07, 6.45) is 4.82. The van der Waals surface area contributed by atoms with Gasteiger partial charge in [-0.25, -0.2) is 9.78 Å². The molecule has 3 aliphatic rings. The van der Waals surface area contributed by atoms with Gasteiger partial charge in [0.05, 0.1) is 23.8 Å². The Morgan fingerprint density at radius 2 is 1.97 bits per heavy atom. The van der Waals surface area contributed by atoms with Gasteiger partial charge >= 0.3 is 6.09 Å². The van der Waals surface area contributed by atoms with E-state index in [0.29, 0.717) is 11.5 Å². The maximum absolute atomic E-state index is 12.5. The zero-order chi connectivity index (χ0) is 21.9. The van der Waals surface area contributed by atoms with E-state index < -0.39 is 0 Å². The second kappa shape index (κ2) is 7.34. The lowest BCUT2D eigenvalue weighted by Gasteiger charge is -2.55. The van der Waals surface area contributed by atoms with Gasteiger partial charge < -0.3 is 14.6 Å². The van der Waals surface area contributed by atoms with Crippen LogP contribution in [0.2, 0.25) is 0 Å². The molecule has 6 nitrogen and oxygen atoms in total. The molecule has 1 saturated carbocycles. The minimum absolute atomic E-state index is 0.121. The summed E-state index contributed by atoms with van der Waals surface area (Å²) in [5, 5.41) is 3.45. The van der Waals surface area contributed by atoms with E-state index in [0.717, 1.165) is 49.4 Å². The fourth-order valence-electron chi connectivity index (χ4n) is 6.02. The highest BCUT2D eigenvalue weighted by Crippen LogP contribution is 2.52. The molecule has 166 valence electrons. The molecule has 1 aromatic heterocycles. The van der Waals surface area contributed by atoms with Crippen molar-refractivity contribution in [2.24, 2.45) is 5.41 Å². The van der Waals surface area contributed by atoms with E-state index in [2.05, 4.69) is 59.3 Å². The normalized spacial score (nSPS) is 21.8. The summed E-state index contributed by atoms with van der Waals surface area (Å²) in [6, 6.07) is 15.5. The number of fused-ring (bicyclic) bond motifs is 3. The Morgan fingerprint density at radius 1 is 1.19 bits per heavy atom. The van der Waals surface area contributed by atoms with E-state index in [9.17, 15) is 4.79 Å². The fraction of sp³-hybridized carbons (Fsp3) is 0.462. The highest BCUT2D eigenvalue weighted by molar-refractivity contribution is 5.95. The lowest BCUT2D eigenvalue weighted by Crippen LogP contribution is -2.60. The Bertz CT molecular complexity index is 1170. The first kappa shape index (κ1) is 19.8. The van der Waals surface area contributed by atoms with Crippen LogP contribution in [-0.4, -0.2) is 41.9 Å². The molecule has 1 spiro atoms. The first-order valence-corrected chi connectivity index (χ1v) is 11.7. The van der Waals surface area contributed by atoms with Gasteiger partial charge in [0.1, 0.15) is 5.82 Å². The molecule has 6 rings (SSSR count). The number of benzene rings is 2. The van der Waals surface area contributed by atoms with Crippen LogP contribution in [0.5, 0.6) is 0 Å². The summed E-state index contributed by atoms with van der Waals surface area (Å²) in [5.41, 5.74) is 6.17. The maximum Gasteiger partial charge on any atom is 0.414 e. The number of methoxy groups -OCH3 is 1. The van der Waals surface area contributed by atoms with Gasteiger partial charge in [-0.2, -0.15) is 0 Å². The number of imidazole rings is 1. The van der Waals surface area contributed by atoms with E-state index in [-0.39, 0.29) is 12.1 Å². The fourth-order valence-corrected chi connectivity index (χ4v) is 6.02. The van der Waals surface area contributed by atoms with E-state index in [4.69, 9.17) is 9.72 Å². The minimum Gasteiger partial charge on any atom is -0.452 e. The molecule has 2 aromatic carbocycles. The van der Waals surface area contributed by atoms with Crippen molar-refractivity contribution in [1.82, 2.24) is 14.9 Å². The first-order chi connectivity index (χ1) is 15.6. The van der Waals surface area contributed by atoms with Crippen molar-refractivity contribution in [3.05, 3.63) is 59.4 Å². The topological polar surface area (TPSA) is 59.4 Å². The van der Waals surface area contributed by atoms with Crippen LogP contribution in [-0.2, 0) is 17.6 Å². The molecular formula is C26H30N4O2. The third kappa shape index (κ3) is 2.96. The number of hydrogen-bond acceptors (Lipinski definition) is 4. The zero-order valence-corrected chi connectivity index (χ0v) is 18.8. The van der Waals surface area contributed by atoms with Crippen LogP contribution >= 0.6 is 0 Å². The molecule has 1 N–H and O–H groups in total. The molecule has 0 bridgehead atoms. The van der Waals surface area contributed by atoms with Crippen molar-refractivity contribution < 1.29 is 9.53 Å². The summed E-state index contributed by atoms with van der Waals surface area (Å²) in [6.45, 7) is 4.38. The molecule has 1 saturated heterocycles. The Morgan fingerprint density at radius 3 is 2.66 bits per heavy atom. The number of amides is 1. The van der Waals surface area contributed by atoms with Crippen LogP contribution in [0.15, 0.2) is 42.5 Å². The van der Waals surface area contributed by atoms with E-state index in [1.807, 2.05) is 0 Å². The Balaban J connectivity index is 1.47. The van der Waals surface area contributed by atoms with Crippen molar-refractivity contribution in [2.75, 3.05) is 25.1 Å². The number of aromatic nitrogens is 2. The molecule has 1 atom stereocenters. The molecule has 1 aliphatic carbocycles. The highest BCUT2D eigenvalue weighted by atomic mass is 16.5. The molecule has 0 unspecified atom stereocenters. The minimum atomic E-state index is -0.292. The van der Waals surface area contributed by atoms with Gasteiger partial charge in [-0.05, 0) is 55.7 Å². The van der Waals surface area contributed by atoms with Crippen molar-refractivity contribution in [3.63, 3.8) is 0 Å². The van der Waals surface area contributed by atoms with Gasteiger partial charge in [-0.3, -0.25) is 4.90 Å². The van der Waals surface area contributed by atoms with Crippen LogP contribution < -0.4 is 10.2 Å². The van der Waals surface area contributed by atoms with E-state index >= 15 is 0 Å². The van der Waals surface area contributed by atoms with Gasteiger partial charge in [-0.15, -0.1) is 0 Å². The molecule has 3 heterocycles. The number of carbonyl (C=O) groups is 1. The molecule has 2 fully saturated rings. The third-order valence-electron chi connectivity index (χ3n) is 7.81. The van der Waals surface area contributed by atoms with Crippen LogP contribution in [0.25, 0.3) is 11.0 Å². The van der Waals surface area contributed by atoms with Crippen molar-refractivity contribution in [3.8, 4) is 0 Å². The SMILES string of the molecule is COC(=O)N1c2ccc3c(nc(Cc4ccccc4)n3C3CC4(CNC4)C3)c2CC[C@@H]1C. The Kier molecular flexibility index (Phi) is 4.54. The highest BCUT2D eigenvalue weighted by Gasteiger charge is 2.49. The van der Waals surface area contributed by atoms with Crippen LogP contribution in [0.4, 0.5) is 10.5 Å². The number of nitrogens with one attached hydrogen (secondary N) is 1. The number of ether oxygens (including phenoxy) is 1. The summed E-state index contributed by atoms with van der Waals surface area (Å²) in [4.78, 5) is 19.6. The average molecular weight is 431 g/mol. The van der Waals surface area contributed by atoms with Gasteiger partial charge in [0.2, 0.25) is 0 Å². The van der Waals surface area contributed by atoms with Gasteiger partial charge in [0, 0.05) is 37.2 Å². The van der Waals surface area contributed by atoms with Crippen LogP contribution in [0.3, 0.4) is 0 Å². The molecule has 6 heteroatoms. The summed E-state index contributed by atoms with van der Waals surface area (Å²) < 4.78 is 7.61. The smallest absolute Gasteiger partial charge is 0.414 e. The maximum atomic E-state index is 12.5. The lowest BCUT2D eigenvalue weighted by atomic mass is 9.61. The number of rotatable bonds is 3. The number of carbonyl (C=O) groups excluding carboxylic acids is 1. The Labute approximate surface area is 188 Å². The third-order valence-corrected chi connectivity index (χ3v) is 7.81. The largest absolute Gasteiger partial charge is 0.452 e. The van der Waals surface area contributed by atoms with Gasteiger partial charge in [0.15, 0.2) is 0 Å². The summed E-state index contributed by atoms with van der Waals surface area (Å²) in [7, 11) is 1.45. The van der Waals surface area contributed by atoms with Crippen molar-refractivity contribution >= 4 is 22.8 Å².